The van der Waals surface area contributed by atoms with Gasteiger partial charge in [-0.1, -0.05) is 33.1 Å². The Labute approximate surface area is 82.6 Å². The van der Waals surface area contributed by atoms with Gasteiger partial charge in [-0.05, 0) is 12.8 Å². The first kappa shape index (κ1) is 12.9. The summed E-state index contributed by atoms with van der Waals surface area (Å²) in [5.74, 6) is -0.326. The summed E-state index contributed by atoms with van der Waals surface area (Å²) in [6.45, 7) is 4.33. The first-order chi connectivity index (χ1) is 6.24. The second-order valence-electron chi connectivity index (χ2n) is 3.48. The topological polar surface area (TPSA) is 18.5 Å². The van der Waals surface area contributed by atoms with Crippen molar-refractivity contribution >= 4 is 0 Å². The fraction of sp³-hybridized carbons (Fsp3) is 1.00. The van der Waals surface area contributed by atoms with Crippen LogP contribution < -0.4 is 0 Å². The molecule has 0 saturated heterocycles. The van der Waals surface area contributed by atoms with Gasteiger partial charge in [0.05, 0.1) is 0 Å². The second-order valence-corrected chi connectivity index (χ2v) is 3.48. The first-order valence-corrected chi connectivity index (χ1v) is 5.35. The first-order valence-electron chi connectivity index (χ1n) is 5.35. The average molecular weight is 188 g/mol. The molecule has 0 bridgehead atoms. The number of ether oxygens (including phenoxy) is 2. The van der Waals surface area contributed by atoms with E-state index in [-0.39, 0.29) is 5.79 Å². The van der Waals surface area contributed by atoms with Crippen LogP contribution in [0.4, 0.5) is 0 Å². The SMILES string of the molecule is CCCCCCC(CC)(OC)OC. The van der Waals surface area contributed by atoms with E-state index in [0.717, 1.165) is 12.8 Å². The molecule has 0 radical (unpaired) electrons. The van der Waals surface area contributed by atoms with Gasteiger partial charge in [0.25, 0.3) is 0 Å². The molecule has 0 atom stereocenters. The van der Waals surface area contributed by atoms with E-state index in [9.17, 15) is 0 Å². The number of unbranched alkanes of at least 4 members (excludes halogenated alkanes) is 3. The third-order valence-electron chi connectivity index (χ3n) is 2.69. The number of methoxy groups -OCH3 is 2. The molecule has 0 aromatic heterocycles. The van der Waals surface area contributed by atoms with Gasteiger partial charge in [-0.2, -0.15) is 0 Å². The lowest BCUT2D eigenvalue weighted by molar-refractivity contribution is -0.212. The molecular formula is C11H24O2. The van der Waals surface area contributed by atoms with Crippen molar-refractivity contribution in [1.82, 2.24) is 0 Å². The van der Waals surface area contributed by atoms with Gasteiger partial charge in [0.2, 0.25) is 0 Å². The van der Waals surface area contributed by atoms with Gasteiger partial charge >= 0.3 is 0 Å². The van der Waals surface area contributed by atoms with Crippen LogP contribution in [-0.4, -0.2) is 20.0 Å². The van der Waals surface area contributed by atoms with Gasteiger partial charge in [-0.15, -0.1) is 0 Å². The van der Waals surface area contributed by atoms with Crippen molar-refractivity contribution in [3.8, 4) is 0 Å². The van der Waals surface area contributed by atoms with Crippen molar-refractivity contribution in [3.05, 3.63) is 0 Å². The van der Waals surface area contributed by atoms with Crippen LogP contribution in [0, 0.1) is 0 Å². The Morgan fingerprint density at radius 2 is 1.54 bits per heavy atom. The molecule has 13 heavy (non-hydrogen) atoms. The Morgan fingerprint density at radius 1 is 0.923 bits per heavy atom. The fourth-order valence-electron chi connectivity index (χ4n) is 1.57. The van der Waals surface area contributed by atoms with E-state index < -0.39 is 0 Å². The van der Waals surface area contributed by atoms with E-state index in [0.29, 0.717) is 0 Å². The lowest BCUT2D eigenvalue weighted by Gasteiger charge is -2.29. The molecule has 0 aromatic rings. The van der Waals surface area contributed by atoms with Crippen molar-refractivity contribution in [3.63, 3.8) is 0 Å². The summed E-state index contributed by atoms with van der Waals surface area (Å²) < 4.78 is 10.8. The highest BCUT2D eigenvalue weighted by Gasteiger charge is 2.25. The van der Waals surface area contributed by atoms with Crippen molar-refractivity contribution in [2.45, 2.75) is 58.2 Å². The summed E-state index contributed by atoms with van der Waals surface area (Å²) >= 11 is 0. The third kappa shape index (κ3) is 4.63. The molecule has 0 N–H and O–H groups in total. The van der Waals surface area contributed by atoms with Crippen LogP contribution >= 0.6 is 0 Å². The van der Waals surface area contributed by atoms with Gasteiger partial charge in [-0.3, -0.25) is 0 Å². The highest BCUT2D eigenvalue weighted by molar-refractivity contribution is 4.66. The van der Waals surface area contributed by atoms with E-state index in [1.54, 1.807) is 14.2 Å². The Balaban J connectivity index is 3.68. The molecule has 0 rings (SSSR count). The van der Waals surface area contributed by atoms with E-state index in [1.807, 2.05) is 0 Å². The van der Waals surface area contributed by atoms with Gasteiger partial charge in [0.1, 0.15) is 0 Å². The van der Waals surface area contributed by atoms with E-state index >= 15 is 0 Å². The van der Waals surface area contributed by atoms with Gasteiger partial charge in [0.15, 0.2) is 5.79 Å². The number of hydrogen-bond donors (Lipinski definition) is 0. The highest BCUT2D eigenvalue weighted by Crippen LogP contribution is 2.23. The predicted octanol–water partition coefficient (Wildman–Crippen LogP) is 3.36. The molecule has 0 unspecified atom stereocenters. The van der Waals surface area contributed by atoms with Crippen LogP contribution in [0.25, 0.3) is 0 Å². The van der Waals surface area contributed by atoms with Crippen molar-refractivity contribution in [1.29, 1.82) is 0 Å². The summed E-state index contributed by atoms with van der Waals surface area (Å²) in [5.41, 5.74) is 0. The molecule has 0 amide bonds. The van der Waals surface area contributed by atoms with Crippen LogP contribution in [-0.2, 0) is 9.47 Å². The fourth-order valence-corrected chi connectivity index (χ4v) is 1.57. The van der Waals surface area contributed by atoms with Crippen LogP contribution in [0.1, 0.15) is 52.4 Å². The molecule has 0 saturated carbocycles. The Bertz CT molecular complexity index is 100. The maximum atomic E-state index is 5.39. The largest absolute Gasteiger partial charge is 0.353 e. The predicted molar refractivity (Wildman–Crippen MR) is 55.8 cm³/mol. The lowest BCUT2D eigenvalue weighted by Crippen LogP contribution is -2.32. The average Bonchev–Trinajstić information content (AvgIpc) is 2.20. The van der Waals surface area contributed by atoms with Crippen molar-refractivity contribution < 1.29 is 9.47 Å². The molecule has 2 nitrogen and oxygen atoms in total. The van der Waals surface area contributed by atoms with Crippen LogP contribution in [0.3, 0.4) is 0 Å². The molecule has 0 fully saturated rings. The summed E-state index contributed by atoms with van der Waals surface area (Å²) in [6, 6.07) is 0. The van der Waals surface area contributed by atoms with E-state index in [1.165, 1.54) is 25.7 Å². The lowest BCUT2D eigenvalue weighted by atomic mass is 10.0. The van der Waals surface area contributed by atoms with Crippen LogP contribution in [0.5, 0.6) is 0 Å². The van der Waals surface area contributed by atoms with Gasteiger partial charge < -0.3 is 9.47 Å². The molecule has 2 heteroatoms. The summed E-state index contributed by atoms with van der Waals surface area (Å²) in [5, 5.41) is 0. The minimum Gasteiger partial charge on any atom is -0.353 e. The van der Waals surface area contributed by atoms with Gasteiger partial charge in [-0.25, -0.2) is 0 Å². The highest BCUT2D eigenvalue weighted by atomic mass is 16.7. The standard InChI is InChI=1S/C11H24O2/c1-5-7-8-9-10-11(6-2,12-3)13-4/h5-10H2,1-4H3. The maximum absolute atomic E-state index is 5.39. The Kier molecular flexibility index (Phi) is 7.29. The molecular weight excluding hydrogens is 164 g/mol. The Hall–Kier alpha value is -0.0800. The van der Waals surface area contributed by atoms with Crippen LogP contribution in [0.15, 0.2) is 0 Å². The van der Waals surface area contributed by atoms with Crippen molar-refractivity contribution in [2.75, 3.05) is 14.2 Å². The normalized spacial score (nSPS) is 12.0. The molecule has 0 aliphatic heterocycles. The quantitative estimate of drug-likeness (QED) is 0.429. The third-order valence-corrected chi connectivity index (χ3v) is 2.69. The molecule has 0 aromatic carbocycles. The summed E-state index contributed by atoms with van der Waals surface area (Å²) in [4.78, 5) is 0. The minimum atomic E-state index is -0.326. The van der Waals surface area contributed by atoms with E-state index in [4.69, 9.17) is 9.47 Å². The summed E-state index contributed by atoms with van der Waals surface area (Å²) in [7, 11) is 3.46. The smallest absolute Gasteiger partial charge is 0.167 e. The minimum absolute atomic E-state index is 0.326. The molecule has 0 spiro atoms. The molecule has 0 heterocycles. The second kappa shape index (κ2) is 7.34. The summed E-state index contributed by atoms with van der Waals surface area (Å²) in [6.07, 6.45) is 7.00. The molecule has 80 valence electrons. The van der Waals surface area contributed by atoms with Crippen LogP contribution in [0.2, 0.25) is 0 Å². The number of hydrogen-bond acceptors (Lipinski definition) is 2. The maximum Gasteiger partial charge on any atom is 0.167 e. The molecule has 0 aliphatic rings. The Morgan fingerprint density at radius 3 is 1.92 bits per heavy atom. The molecule has 0 aliphatic carbocycles. The van der Waals surface area contributed by atoms with Crippen molar-refractivity contribution in [2.24, 2.45) is 0 Å². The zero-order valence-corrected chi connectivity index (χ0v) is 9.56. The number of rotatable bonds is 8. The van der Waals surface area contributed by atoms with E-state index in [2.05, 4.69) is 13.8 Å². The van der Waals surface area contributed by atoms with Gasteiger partial charge in [0, 0.05) is 20.6 Å². The zero-order chi connectivity index (χ0) is 10.2. The monoisotopic (exact) mass is 188 g/mol. The zero-order valence-electron chi connectivity index (χ0n) is 9.56.